The molecule has 0 bridgehead atoms. The van der Waals surface area contributed by atoms with Gasteiger partial charge in [-0.25, -0.2) is 9.59 Å². The smallest absolute Gasteiger partial charge is 0.492 e. The van der Waals surface area contributed by atoms with Crippen LogP contribution in [0.25, 0.3) is 33.1 Å². The summed E-state index contributed by atoms with van der Waals surface area (Å²) in [5, 5.41) is 0.785. The lowest BCUT2D eigenvalue weighted by Crippen LogP contribution is -2.18. The molecule has 7 nitrogen and oxygen atoms in total. The number of hydrogen-bond acceptors (Lipinski definition) is 7. The Labute approximate surface area is 233 Å². The molecule has 0 aliphatic heterocycles. The molecule has 0 atom stereocenters. The van der Waals surface area contributed by atoms with Gasteiger partial charge in [0, 0.05) is 27.5 Å². The minimum atomic E-state index is -5.08. The fourth-order valence-corrected chi connectivity index (χ4v) is 4.16. The monoisotopic (exact) mass is 568 g/mol. The van der Waals surface area contributed by atoms with Gasteiger partial charge < -0.3 is 23.4 Å². The lowest BCUT2D eigenvalue weighted by molar-refractivity contribution is -0.274. The van der Waals surface area contributed by atoms with Gasteiger partial charge in [-0.2, -0.15) is 0 Å². The van der Waals surface area contributed by atoms with Crippen LogP contribution >= 0.6 is 0 Å². The maximum Gasteiger partial charge on any atom is 0.573 e. The average molecular weight is 569 g/mol. The molecule has 1 aromatic heterocycles. The Morgan fingerprint density at radius 1 is 0.854 bits per heavy atom. The van der Waals surface area contributed by atoms with Crippen LogP contribution in [0.15, 0.2) is 77.3 Å². The molecule has 0 amide bonds. The van der Waals surface area contributed by atoms with E-state index in [2.05, 4.69) is 17.9 Å². The molecule has 3 aromatic carbocycles. The van der Waals surface area contributed by atoms with Gasteiger partial charge in [0.2, 0.25) is 5.75 Å². The standard InChI is InChI=1S/C31H27F3O7/c1-17(2)29(35)38-16-6-7-19-8-10-20(11-9-19)21-12-13-22-23-14-15-24(39-30(36)18(3)4)28(41-31(32,33)34)27(23)40-26(22)25(21)37-5/h8-15H,1,3,6-7,16H2,2,4-5H3. The summed E-state index contributed by atoms with van der Waals surface area (Å²) in [6.07, 6.45) is -3.76. The first-order valence-corrected chi connectivity index (χ1v) is 12.5. The van der Waals surface area contributed by atoms with Crippen molar-refractivity contribution in [3.8, 4) is 28.4 Å². The largest absolute Gasteiger partial charge is 0.573 e. The minimum absolute atomic E-state index is 0.00352. The molecule has 0 aliphatic rings. The number of rotatable bonds is 10. The zero-order valence-corrected chi connectivity index (χ0v) is 22.6. The Morgan fingerprint density at radius 2 is 1.46 bits per heavy atom. The number of hydrogen-bond donors (Lipinski definition) is 0. The van der Waals surface area contributed by atoms with Crippen LogP contribution in [0.2, 0.25) is 0 Å². The fraction of sp³-hybridized carbons (Fsp3) is 0.226. The average Bonchev–Trinajstić information content (AvgIpc) is 3.30. The van der Waals surface area contributed by atoms with E-state index in [1.54, 1.807) is 19.1 Å². The van der Waals surface area contributed by atoms with Crippen molar-refractivity contribution in [3.63, 3.8) is 0 Å². The molecule has 1 heterocycles. The van der Waals surface area contributed by atoms with Crippen LogP contribution in [0.4, 0.5) is 13.2 Å². The number of carbonyl (C=O) groups excluding carboxylic acids is 2. The summed E-state index contributed by atoms with van der Waals surface area (Å²) in [6.45, 7) is 10.2. The van der Waals surface area contributed by atoms with Crippen molar-refractivity contribution in [2.24, 2.45) is 0 Å². The van der Waals surface area contributed by atoms with E-state index in [0.29, 0.717) is 40.5 Å². The summed E-state index contributed by atoms with van der Waals surface area (Å²) in [6, 6.07) is 13.8. The van der Waals surface area contributed by atoms with Gasteiger partial charge in [-0.15, -0.1) is 13.2 Å². The summed E-state index contributed by atoms with van der Waals surface area (Å²) < 4.78 is 66.1. The number of ether oxygens (including phenoxy) is 4. The van der Waals surface area contributed by atoms with E-state index >= 15 is 0 Å². The van der Waals surface area contributed by atoms with Crippen LogP contribution in [-0.2, 0) is 20.7 Å². The molecular weight excluding hydrogens is 541 g/mol. The maximum atomic E-state index is 13.4. The number of halogens is 3. The van der Waals surface area contributed by atoms with E-state index in [1.807, 2.05) is 24.3 Å². The number of fused-ring (bicyclic) bond motifs is 3. The second-order valence-corrected chi connectivity index (χ2v) is 9.33. The number of aryl methyl sites for hydroxylation is 1. The van der Waals surface area contributed by atoms with Crippen molar-refractivity contribution in [1.82, 2.24) is 0 Å². The number of esters is 2. The van der Waals surface area contributed by atoms with E-state index < -0.39 is 29.8 Å². The molecule has 214 valence electrons. The van der Waals surface area contributed by atoms with Gasteiger partial charge in [0.05, 0.1) is 13.7 Å². The quantitative estimate of drug-likeness (QED) is 0.0839. The van der Waals surface area contributed by atoms with Crippen LogP contribution < -0.4 is 14.2 Å². The summed E-state index contributed by atoms with van der Waals surface area (Å²) >= 11 is 0. The van der Waals surface area contributed by atoms with Crippen LogP contribution in [0.1, 0.15) is 25.8 Å². The number of carbonyl (C=O) groups is 2. The van der Waals surface area contributed by atoms with Gasteiger partial charge in [-0.05, 0) is 62.1 Å². The predicted octanol–water partition coefficient (Wildman–Crippen LogP) is 7.69. The molecule has 0 spiro atoms. The van der Waals surface area contributed by atoms with E-state index in [-0.39, 0.29) is 23.3 Å². The zero-order valence-electron chi connectivity index (χ0n) is 22.6. The highest BCUT2D eigenvalue weighted by Crippen LogP contribution is 2.47. The summed E-state index contributed by atoms with van der Waals surface area (Å²) in [5.74, 6) is -2.29. The van der Waals surface area contributed by atoms with Gasteiger partial charge in [-0.3, -0.25) is 0 Å². The van der Waals surface area contributed by atoms with Crippen molar-refractivity contribution in [1.29, 1.82) is 0 Å². The summed E-state index contributed by atoms with van der Waals surface area (Å²) in [7, 11) is 1.43. The Bertz CT molecular complexity index is 1650. The molecular formula is C31H27F3O7. The highest BCUT2D eigenvalue weighted by molar-refractivity contribution is 6.11. The van der Waals surface area contributed by atoms with Crippen LogP contribution in [0.3, 0.4) is 0 Å². The molecule has 4 aromatic rings. The van der Waals surface area contributed by atoms with Crippen LogP contribution in [-0.4, -0.2) is 32.0 Å². The molecule has 10 heteroatoms. The third-order valence-corrected chi connectivity index (χ3v) is 6.11. The third kappa shape index (κ3) is 6.54. The van der Waals surface area contributed by atoms with Gasteiger partial charge >= 0.3 is 18.3 Å². The first-order valence-electron chi connectivity index (χ1n) is 12.5. The van der Waals surface area contributed by atoms with Crippen LogP contribution in [0, 0.1) is 0 Å². The van der Waals surface area contributed by atoms with E-state index in [1.165, 1.54) is 26.2 Å². The lowest BCUT2D eigenvalue weighted by atomic mass is 9.99. The molecule has 41 heavy (non-hydrogen) atoms. The Kier molecular flexibility index (Phi) is 8.41. The molecule has 4 rings (SSSR count). The fourth-order valence-electron chi connectivity index (χ4n) is 4.16. The third-order valence-electron chi connectivity index (χ3n) is 6.11. The topological polar surface area (TPSA) is 84.2 Å². The van der Waals surface area contributed by atoms with Crippen molar-refractivity contribution < 1.29 is 46.1 Å². The molecule has 0 saturated heterocycles. The second-order valence-electron chi connectivity index (χ2n) is 9.33. The number of alkyl halides is 3. The Morgan fingerprint density at radius 3 is 2.05 bits per heavy atom. The van der Waals surface area contributed by atoms with Crippen molar-refractivity contribution in [3.05, 3.63) is 78.4 Å². The Hall–Kier alpha value is -4.73. The summed E-state index contributed by atoms with van der Waals surface area (Å²) in [4.78, 5) is 23.6. The maximum absolute atomic E-state index is 13.4. The van der Waals surface area contributed by atoms with Gasteiger partial charge in [0.1, 0.15) is 0 Å². The first-order chi connectivity index (χ1) is 19.4. The highest BCUT2D eigenvalue weighted by atomic mass is 19.4. The molecule has 0 fully saturated rings. The highest BCUT2D eigenvalue weighted by Gasteiger charge is 2.35. The molecule has 0 unspecified atom stereocenters. The lowest BCUT2D eigenvalue weighted by Gasteiger charge is -2.13. The van der Waals surface area contributed by atoms with Gasteiger partial charge in [-0.1, -0.05) is 37.4 Å². The van der Waals surface area contributed by atoms with Crippen LogP contribution in [0.5, 0.6) is 17.2 Å². The van der Waals surface area contributed by atoms with Gasteiger partial charge in [0.25, 0.3) is 0 Å². The van der Waals surface area contributed by atoms with E-state index in [9.17, 15) is 22.8 Å². The second kappa shape index (κ2) is 11.8. The van der Waals surface area contributed by atoms with E-state index in [4.69, 9.17) is 18.6 Å². The van der Waals surface area contributed by atoms with Crippen molar-refractivity contribution >= 4 is 33.9 Å². The van der Waals surface area contributed by atoms with Gasteiger partial charge in [0.15, 0.2) is 22.7 Å². The molecule has 0 saturated carbocycles. The Balaban J connectivity index is 1.70. The molecule has 0 N–H and O–H groups in total. The number of furan rings is 1. The zero-order chi connectivity index (χ0) is 29.9. The number of benzene rings is 3. The van der Waals surface area contributed by atoms with E-state index in [0.717, 1.165) is 11.1 Å². The normalized spacial score (nSPS) is 11.4. The minimum Gasteiger partial charge on any atom is -0.492 e. The number of methoxy groups -OCH3 is 1. The predicted molar refractivity (Wildman–Crippen MR) is 147 cm³/mol. The first kappa shape index (κ1) is 29.3. The van der Waals surface area contributed by atoms with Crippen molar-refractivity contribution in [2.75, 3.05) is 13.7 Å². The molecule has 0 radical (unpaired) electrons. The summed E-state index contributed by atoms with van der Waals surface area (Å²) in [5.41, 5.74) is 2.73. The SMILES string of the molecule is C=C(C)C(=O)OCCCc1ccc(-c2ccc3c(oc4c(OC(F)(F)F)c(OC(=O)C(=C)C)ccc43)c2OC)cc1. The molecule has 0 aliphatic carbocycles. The van der Waals surface area contributed by atoms with Crippen molar-refractivity contribution in [2.45, 2.75) is 33.1 Å².